The van der Waals surface area contributed by atoms with E-state index < -0.39 is 12.0 Å². The summed E-state index contributed by atoms with van der Waals surface area (Å²) in [7, 11) is 1.55. The van der Waals surface area contributed by atoms with Gasteiger partial charge in [0.2, 0.25) is 0 Å². The summed E-state index contributed by atoms with van der Waals surface area (Å²) in [6.45, 7) is 4.53. The number of ether oxygens (including phenoxy) is 1. The fourth-order valence-corrected chi connectivity index (χ4v) is 4.30. The molecule has 0 saturated heterocycles. The van der Waals surface area contributed by atoms with E-state index in [0.717, 1.165) is 26.9 Å². The van der Waals surface area contributed by atoms with E-state index in [1.807, 2.05) is 17.9 Å². The predicted molar refractivity (Wildman–Crippen MR) is 119 cm³/mol. The van der Waals surface area contributed by atoms with Crippen LogP contribution in [0, 0.1) is 13.8 Å². The number of fused-ring (bicyclic) bond motifs is 2. The van der Waals surface area contributed by atoms with Gasteiger partial charge in [-0.2, -0.15) is 17.7 Å². The zero-order valence-electron chi connectivity index (χ0n) is 18.5. The second kappa shape index (κ2) is 8.08. The van der Waals surface area contributed by atoms with Crippen molar-refractivity contribution >= 4 is 23.1 Å². The summed E-state index contributed by atoms with van der Waals surface area (Å²) in [5.41, 5.74) is 4.74. The van der Waals surface area contributed by atoms with E-state index in [2.05, 4.69) is 25.3 Å². The first-order chi connectivity index (χ1) is 16.2. The fraction of sp³-hybridized carbons (Fsp3) is 0.318. The highest BCUT2D eigenvalue weighted by Gasteiger charge is 2.38. The van der Waals surface area contributed by atoms with Crippen LogP contribution in [0.15, 0.2) is 24.5 Å². The molecule has 5 heterocycles. The molecule has 8 nitrogen and oxygen atoms in total. The molecular formula is C22H19ClF3N7O. The van der Waals surface area contributed by atoms with E-state index >= 15 is 0 Å². The van der Waals surface area contributed by atoms with Crippen molar-refractivity contribution in [3.63, 3.8) is 0 Å². The lowest BCUT2D eigenvalue weighted by atomic mass is 10.0. The van der Waals surface area contributed by atoms with E-state index in [4.69, 9.17) is 16.3 Å². The Kier molecular flexibility index (Phi) is 5.31. The number of aryl methyl sites for hydroxylation is 1. The molecule has 0 aliphatic carbocycles. The van der Waals surface area contributed by atoms with Gasteiger partial charge in [-0.3, -0.25) is 4.98 Å². The predicted octanol–water partition coefficient (Wildman–Crippen LogP) is 4.44. The number of hydrogen-bond acceptors (Lipinski definition) is 7. The van der Waals surface area contributed by atoms with Gasteiger partial charge >= 0.3 is 6.18 Å². The Hall–Kier alpha value is -3.47. The number of methoxy groups -OCH3 is 1. The molecule has 0 bridgehead atoms. The zero-order valence-corrected chi connectivity index (χ0v) is 19.2. The number of alkyl halides is 3. The molecule has 12 heteroatoms. The van der Waals surface area contributed by atoms with E-state index in [9.17, 15) is 13.2 Å². The van der Waals surface area contributed by atoms with Gasteiger partial charge in [-0.15, -0.1) is 15.3 Å². The summed E-state index contributed by atoms with van der Waals surface area (Å²) >= 11 is 6.31. The number of hydrogen-bond donors (Lipinski definition) is 0. The summed E-state index contributed by atoms with van der Waals surface area (Å²) in [4.78, 5) is 10.7. The lowest BCUT2D eigenvalue weighted by Crippen LogP contribution is -2.33. The molecule has 176 valence electrons. The summed E-state index contributed by atoms with van der Waals surface area (Å²) in [5.74, 6) is -0.127. The Morgan fingerprint density at radius 3 is 2.59 bits per heavy atom. The molecule has 4 aromatic rings. The highest BCUT2D eigenvalue weighted by molar-refractivity contribution is 6.32. The number of nitrogens with zero attached hydrogens (tertiary/aromatic N) is 7. The monoisotopic (exact) mass is 489 g/mol. The molecule has 0 amide bonds. The maximum Gasteiger partial charge on any atom is 0.453 e. The summed E-state index contributed by atoms with van der Waals surface area (Å²) in [6.07, 6.45) is -0.773. The third-order valence-corrected chi connectivity index (χ3v) is 6.32. The Morgan fingerprint density at radius 2 is 1.85 bits per heavy atom. The van der Waals surface area contributed by atoms with Gasteiger partial charge in [0.05, 0.1) is 13.3 Å². The molecular weight excluding hydrogens is 471 g/mol. The molecule has 0 N–H and O–H groups in total. The van der Waals surface area contributed by atoms with Crippen LogP contribution in [0.5, 0.6) is 5.75 Å². The van der Waals surface area contributed by atoms with E-state index in [1.165, 1.54) is 6.20 Å². The normalized spacial score (nSPS) is 13.9. The van der Waals surface area contributed by atoms with Gasteiger partial charge in [-0.1, -0.05) is 11.6 Å². The molecule has 34 heavy (non-hydrogen) atoms. The smallest absolute Gasteiger partial charge is 0.453 e. The number of aromatic nitrogens is 6. The molecule has 0 fully saturated rings. The third-order valence-electron chi connectivity index (χ3n) is 6.02. The van der Waals surface area contributed by atoms with Crippen LogP contribution in [-0.2, 0) is 19.1 Å². The maximum absolute atomic E-state index is 13.4. The quantitative estimate of drug-likeness (QED) is 0.393. The summed E-state index contributed by atoms with van der Waals surface area (Å²) in [6, 6.07) is 3.75. The van der Waals surface area contributed by atoms with Gasteiger partial charge in [0.25, 0.3) is 5.82 Å². The van der Waals surface area contributed by atoms with Crippen molar-refractivity contribution < 1.29 is 17.9 Å². The summed E-state index contributed by atoms with van der Waals surface area (Å²) < 4.78 is 46.3. The van der Waals surface area contributed by atoms with Crippen molar-refractivity contribution in [2.75, 3.05) is 18.6 Å². The van der Waals surface area contributed by atoms with Crippen molar-refractivity contribution in [3.05, 3.63) is 57.9 Å². The van der Waals surface area contributed by atoms with Crippen LogP contribution >= 0.6 is 11.6 Å². The number of pyridine rings is 2. The van der Waals surface area contributed by atoms with Crippen molar-refractivity contribution in [3.8, 4) is 16.9 Å². The van der Waals surface area contributed by atoms with E-state index in [0.29, 0.717) is 47.4 Å². The number of halogens is 4. The maximum atomic E-state index is 13.4. The first-order valence-corrected chi connectivity index (χ1v) is 10.8. The first-order valence-electron chi connectivity index (χ1n) is 10.4. The second-order valence-corrected chi connectivity index (χ2v) is 8.40. The molecule has 5 rings (SSSR count). The molecule has 0 atom stereocenters. The zero-order chi connectivity index (χ0) is 24.2. The van der Waals surface area contributed by atoms with Gasteiger partial charge < -0.3 is 9.64 Å². The minimum absolute atomic E-state index is 0.0927. The van der Waals surface area contributed by atoms with Gasteiger partial charge in [0.15, 0.2) is 11.5 Å². The largest absolute Gasteiger partial charge is 0.495 e. The van der Waals surface area contributed by atoms with Crippen molar-refractivity contribution in [2.24, 2.45) is 0 Å². The fourth-order valence-electron chi connectivity index (χ4n) is 4.09. The van der Waals surface area contributed by atoms with Gasteiger partial charge in [0, 0.05) is 53.7 Å². The van der Waals surface area contributed by atoms with Crippen LogP contribution in [0.4, 0.5) is 19.0 Å². The Morgan fingerprint density at radius 1 is 1.06 bits per heavy atom. The standard InChI is InChI=1S/C22H19ClF3N7O/c1-11-12(2)20(31-33-19(11)29-30-21(33)22(24,25)26)32-5-4-17-14(10-32)6-13(8-27-17)16-7-15(34-3)9-28-18(16)23/h6-9H,4-5,10H2,1-3H3. The van der Waals surface area contributed by atoms with Crippen LogP contribution in [0.2, 0.25) is 5.15 Å². The van der Waals surface area contributed by atoms with Crippen molar-refractivity contribution in [1.82, 2.24) is 29.8 Å². The van der Waals surface area contributed by atoms with Gasteiger partial charge in [-0.05, 0) is 31.5 Å². The molecule has 0 radical (unpaired) electrons. The minimum atomic E-state index is -4.66. The van der Waals surface area contributed by atoms with Crippen LogP contribution in [0.3, 0.4) is 0 Å². The lowest BCUT2D eigenvalue weighted by Gasteiger charge is -2.31. The summed E-state index contributed by atoms with van der Waals surface area (Å²) in [5, 5.41) is 11.7. The molecule has 0 aromatic carbocycles. The Labute approximate surface area is 197 Å². The van der Waals surface area contributed by atoms with Crippen LogP contribution in [0.1, 0.15) is 28.2 Å². The van der Waals surface area contributed by atoms with Crippen LogP contribution in [-0.4, -0.2) is 43.4 Å². The van der Waals surface area contributed by atoms with Crippen LogP contribution < -0.4 is 9.64 Å². The molecule has 0 spiro atoms. The molecule has 1 aliphatic rings. The van der Waals surface area contributed by atoms with Crippen molar-refractivity contribution in [1.29, 1.82) is 0 Å². The van der Waals surface area contributed by atoms with Gasteiger partial charge in [0.1, 0.15) is 10.9 Å². The number of anilines is 1. The molecule has 0 unspecified atom stereocenters. The molecule has 4 aromatic heterocycles. The second-order valence-electron chi connectivity index (χ2n) is 8.05. The van der Waals surface area contributed by atoms with Crippen LogP contribution in [0.25, 0.3) is 16.8 Å². The molecule has 1 aliphatic heterocycles. The third kappa shape index (κ3) is 3.69. The van der Waals surface area contributed by atoms with E-state index in [1.54, 1.807) is 26.3 Å². The van der Waals surface area contributed by atoms with E-state index in [-0.39, 0.29) is 5.65 Å². The average Bonchev–Trinajstić information content (AvgIpc) is 3.26. The average molecular weight is 490 g/mol. The SMILES string of the molecule is COc1cnc(Cl)c(-c2cnc3c(c2)CN(c2nn4c(C(F)(F)F)nnc4c(C)c2C)CC3)c1. The van der Waals surface area contributed by atoms with Crippen molar-refractivity contribution in [2.45, 2.75) is 33.0 Å². The lowest BCUT2D eigenvalue weighted by molar-refractivity contribution is -0.146. The highest BCUT2D eigenvalue weighted by Crippen LogP contribution is 2.34. The minimum Gasteiger partial charge on any atom is -0.495 e. The Bertz CT molecular complexity index is 1420. The first kappa shape index (κ1) is 22.3. The Balaban J connectivity index is 1.55. The molecule has 0 saturated carbocycles. The highest BCUT2D eigenvalue weighted by atomic mass is 35.5. The number of rotatable bonds is 3. The van der Waals surface area contributed by atoms with Gasteiger partial charge in [-0.25, -0.2) is 4.98 Å². The topological polar surface area (TPSA) is 81.3 Å².